The Kier molecular flexibility index (Phi) is 6.38. The number of fused-ring (bicyclic) bond motifs is 1. The minimum atomic E-state index is -0.214. The van der Waals surface area contributed by atoms with Crippen LogP contribution in [0.1, 0.15) is 18.4 Å². The van der Waals surface area contributed by atoms with Crippen molar-refractivity contribution in [3.8, 4) is 11.8 Å². The number of nitriles is 1. The molecule has 0 unspecified atom stereocenters. The highest BCUT2D eigenvalue weighted by atomic mass is 16.5. The Morgan fingerprint density at radius 3 is 2.81 bits per heavy atom. The molecule has 0 atom stereocenters. The van der Waals surface area contributed by atoms with Gasteiger partial charge in [0.15, 0.2) is 0 Å². The topological polar surface area (TPSA) is 99.1 Å². The van der Waals surface area contributed by atoms with Gasteiger partial charge in [-0.1, -0.05) is 23.2 Å². The van der Waals surface area contributed by atoms with Crippen molar-refractivity contribution >= 4 is 47.2 Å². The zero-order valence-electron chi connectivity index (χ0n) is 17.7. The van der Waals surface area contributed by atoms with E-state index in [0.717, 1.165) is 37.2 Å². The zero-order chi connectivity index (χ0) is 22.5. The maximum Gasteiger partial charge on any atom is 0.248 e. The maximum absolute atomic E-state index is 12.7. The molecule has 1 aliphatic rings. The SMILES string of the molecule is [B]c1cccc(Nc2c(C#N)cnc3cc(OC)c(NC(=O)C=C4CCNCC4)cc23)c1. The van der Waals surface area contributed by atoms with Crippen LogP contribution in [0.15, 0.2) is 54.2 Å². The van der Waals surface area contributed by atoms with Crippen molar-refractivity contribution in [1.29, 1.82) is 5.26 Å². The molecule has 3 N–H and O–H groups in total. The Balaban J connectivity index is 1.74. The molecule has 1 fully saturated rings. The van der Waals surface area contributed by atoms with Crippen molar-refractivity contribution in [3.05, 3.63) is 59.8 Å². The van der Waals surface area contributed by atoms with E-state index in [2.05, 4.69) is 27.0 Å². The first-order valence-corrected chi connectivity index (χ1v) is 10.3. The first-order chi connectivity index (χ1) is 15.6. The lowest BCUT2D eigenvalue weighted by atomic mass is 9.96. The van der Waals surface area contributed by atoms with Crippen LogP contribution < -0.4 is 26.2 Å². The Bertz CT molecular complexity index is 1240. The molecule has 0 bridgehead atoms. The number of nitrogens with one attached hydrogen (secondary N) is 3. The molecule has 4 rings (SSSR count). The van der Waals surface area contributed by atoms with Crippen LogP contribution in [0.3, 0.4) is 0 Å². The number of methoxy groups -OCH3 is 1. The van der Waals surface area contributed by atoms with Crippen LogP contribution in [0, 0.1) is 11.3 Å². The minimum Gasteiger partial charge on any atom is -0.494 e. The summed E-state index contributed by atoms with van der Waals surface area (Å²) in [5.41, 5.74) is 4.54. The molecule has 0 aliphatic carbocycles. The third-order valence-electron chi connectivity index (χ3n) is 5.30. The molecular weight excluding hydrogens is 401 g/mol. The van der Waals surface area contributed by atoms with Crippen molar-refractivity contribution in [1.82, 2.24) is 10.3 Å². The van der Waals surface area contributed by atoms with Crippen molar-refractivity contribution in [2.24, 2.45) is 0 Å². The first kappa shape index (κ1) is 21.4. The Labute approximate surface area is 187 Å². The molecule has 3 aromatic rings. The van der Waals surface area contributed by atoms with Crippen LogP contribution in [0.25, 0.3) is 10.9 Å². The van der Waals surface area contributed by atoms with Crippen molar-refractivity contribution in [3.63, 3.8) is 0 Å². The van der Waals surface area contributed by atoms with Gasteiger partial charge in [0.25, 0.3) is 0 Å². The van der Waals surface area contributed by atoms with Gasteiger partial charge in [0.05, 0.1) is 29.6 Å². The van der Waals surface area contributed by atoms with E-state index in [4.69, 9.17) is 12.6 Å². The summed E-state index contributed by atoms with van der Waals surface area (Å²) in [6.07, 6.45) is 4.87. The smallest absolute Gasteiger partial charge is 0.248 e. The predicted molar refractivity (Wildman–Crippen MR) is 127 cm³/mol. The highest BCUT2D eigenvalue weighted by Gasteiger charge is 2.15. The molecule has 1 aromatic heterocycles. The fourth-order valence-electron chi connectivity index (χ4n) is 3.71. The number of rotatable bonds is 5. The van der Waals surface area contributed by atoms with Crippen LogP contribution in [-0.2, 0) is 4.79 Å². The summed E-state index contributed by atoms with van der Waals surface area (Å²) in [6, 6.07) is 13.0. The average Bonchev–Trinajstić information content (AvgIpc) is 2.79. The summed E-state index contributed by atoms with van der Waals surface area (Å²) < 4.78 is 5.49. The fraction of sp³-hybridized carbons (Fsp3) is 0.208. The number of hydrogen-bond acceptors (Lipinski definition) is 6. The first-order valence-electron chi connectivity index (χ1n) is 10.3. The Hall–Kier alpha value is -3.83. The summed E-state index contributed by atoms with van der Waals surface area (Å²) in [4.78, 5) is 17.1. The van der Waals surface area contributed by atoms with E-state index in [9.17, 15) is 10.1 Å². The second-order valence-corrected chi connectivity index (χ2v) is 7.52. The van der Waals surface area contributed by atoms with Crippen molar-refractivity contribution in [2.45, 2.75) is 12.8 Å². The van der Waals surface area contributed by atoms with Crippen LogP contribution in [0.5, 0.6) is 5.75 Å². The summed E-state index contributed by atoms with van der Waals surface area (Å²) in [6.45, 7) is 1.75. The molecule has 32 heavy (non-hydrogen) atoms. The predicted octanol–water partition coefficient (Wildman–Crippen LogP) is 2.90. The molecule has 158 valence electrons. The number of carbonyl (C=O) groups excluding carboxylic acids is 1. The number of hydrogen-bond donors (Lipinski definition) is 3. The van der Waals surface area contributed by atoms with Gasteiger partial charge in [-0.15, -0.1) is 0 Å². The van der Waals surface area contributed by atoms with Crippen LogP contribution in [0.2, 0.25) is 0 Å². The number of ether oxygens (including phenoxy) is 1. The largest absolute Gasteiger partial charge is 0.494 e. The average molecular weight is 423 g/mol. The van der Waals surface area contributed by atoms with E-state index >= 15 is 0 Å². The molecule has 2 aromatic carbocycles. The summed E-state index contributed by atoms with van der Waals surface area (Å²) in [7, 11) is 7.44. The number of anilines is 3. The summed E-state index contributed by atoms with van der Waals surface area (Å²) >= 11 is 0. The lowest BCUT2D eigenvalue weighted by Crippen LogP contribution is -2.24. The van der Waals surface area contributed by atoms with Gasteiger partial charge < -0.3 is 20.7 Å². The summed E-state index contributed by atoms with van der Waals surface area (Å²) in [5, 5.41) is 19.8. The number of pyridine rings is 1. The number of benzene rings is 2. The van der Waals surface area contributed by atoms with Gasteiger partial charge in [-0.2, -0.15) is 5.26 Å². The quantitative estimate of drug-likeness (QED) is 0.431. The Morgan fingerprint density at radius 2 is 2.09 bits per heavy atom. The van der Waals surface area contributed by atoms with E-state index in [1.165, 1.54) is 13.3 Å². The van der Waals surface area contributed by atoms with Gasteiger partial charge in [-0.3, -0.25) is 9.78 Å². The molecule has 2 radical (unpaired) electrons. The standard InChI is InChI=1S/C24H22BN5O2/c1-32-22-12-20-19(11-21(22)30-23(31)9-15-5-7-27-8-6-15)24(16(13-26)14-28-20)29-18-4-2-3-17(25)10-18/h2-4,9-12,14,27H,5-8H2,1H3,(H,28,29)(H,30,31). The molecule has 8 heteroatoms. The molecule has 7 nitrogen and oxygen atoms in total. The molecule has 2 heterocycles. The van der Waals surface area contributed by atoms with Crippen LogP contribution in [-0.4, -0.2) is 38.9 Å². The van der Waals surface area contributed by atoms with E-state index in [-0.39, 0.29) is 5.91 Å². The maximum atomic E-state index is 12.7. The molecule has 1 saturated heterocycles. The third kappa shape index (κ3) is 4.74. The van der Waals surface area contributed by atoms with Gasteiger partial charge in [0.1, 0.15) is 19.7 Å². The molecule has 1 amide bonds. The normalized spacial score (nSPS) is 13.3. The second kappa shape index (κ2) is 9.54. The fourth-order valence-corrected chi connectivity index (χ4v) is 3.71. The second-order valence-electron chi connectivity index (χ2n) is 7.52. The highest BCUT2D eigenvalue weighted by molar-refractivity contribution is 6.32. The molecular formula is C24H22BN5O2. The van der Waals surface area contributed by atoms with E-state index in [1.54, 1.807) is 30.3 Å². The van der Waals surface area contributed by atoms with Gasteiger partial charge in [-0.25, -0.2) is 0 Å². The lowest BCUT2D eigenvalue weighted by molar-refractivity contribution is -0.112. The van der Waals surface area contributed by atoms with Gasteiger partial charge in [-0.05, 0) is 44.1 Å². The number of aromatic nitrogens is 1. The number of carbonyl (C=O) groups is 1. The van der Waals surface area contributed by atoms with E-state index in [0.29, 0.717) is 39.1 Å². The number of nitrogens with zero attached hydrogens (tertiary/aromatic N) is 2. The van der Waals surface area contributed by atoms with Crippen LogP contribution >= 0.6 is 0 Å². The third-order valence-corrected chi connectivity index (χ3v) is 5.30. The highest BCUT2D eigenvalue weighted by Crippen LogP contribution is 2.35. The van der Waals surface area contributed by atoms with Crippen LogP contribution in [0.4, 0.5) is 17.1 Å². The monoisotopic (exact) mass is 423 g/mol. The number of piperidine rings is 1. The van der Waals surface area contributed by atoms with Gasteiger partial charge in [0, 0.05) is 29.4 Å². The van der Waals surface area contributed by atoms with Crippen molar-refractivity contribution < 1.29 is 9.53 Å². The minimum absolute atomic E-state index is 0.214. The lowest BCUT2D eigenvalue weighted by Gasteiger charge is -2.16. The van der Waals surface area contributed by atoms with Gasteiger partial charge >= 0.3 is 0 Å². The van der Waals surface area contributed by atoms with E-state index < -0.39 is 0 Å². The van der Waals surface area contributed by atoms with Gasteiger partial charge in [0.2, 0.25) is 5.91 Å². The molecule has 1 aliphatic heterocycles. The molecule has 0 saturated carbocycles. The molecule has 0 spiro atoms. The van der Waals surface area contributed by atoms with E-state index in [1.807, 2.05) is 12.1 Å². The zero-order valence-corrected chi connectivity index (χ0v) is 17.7. The van der Waals surface area contributed by atoms with Crippen molar-refractivity contribution in [2.75, 3.05) is 30.8 Å². The Morgan fingerprint density at radius 1 is 1.28 bits per heavy atom. The summed E-state index contributed by atoms with van der Waals surface area (Å²) in [5.74, 6) is 0.274. The number of amides is 1.